The standard InChI is InChI=1S/C21H24FNO3S/c1-15-7-9-19(18(22)11-15)27(25,26)23-17-8-10-20(23)21(13-17,14-24)12-16-5-3-2-4-6-16/h2-7,9,11,17,20,24H,8,10,12-14H2,1H3/t17-,20+,21-/m0/s1. The zero-order valence-electron chi connectivity index (χ0n) is 15.3. The van der Waals surface area contributed by atoms with Crippen LogP contribution >= 0.6 is 0 Å². The van der Waals surface area contributed by atoms with Gasteiger partial charge in [-0.05, 0) is 55.9 Å². The van der Waals surface area contributed by atoms with Crippen LogP contribution in [0.4, 0.5) is 4.39 Å². The van der Waals surface area contributed by atoms with Gasteiger partial charge in [-0.15, -0.1) is 0 Å². The van der Waals surface area contributed by atoms with Gasteiger partial charge in [0.15, 0.2) is 0 Å². The number of fused-ring (bicyclic) bond motifs is 2. The molecule has 27 heavy (non-hydrogen) atoms. The van der Waals surface area contributed by atoms with Crippen molar-refractivity contribution in [3.63, 3.8) is 0 Å². The van der Waals surface area contributed by atoms with Gasteiger partial charge in [0.2, 0.25) is 10.0 Å². The number of hydrogen-bond acceptors (Lipinski definition) is 3. The molecule has 0 radical (unpaired) electrons. The van der Waals surface area contributed by atoms with E-state index in [1.54, 1.807) is 13.0 Å². The van der Waals surface area contributed by atoms with Gasteiger partial charge in [-0.3, -0.25) is 0 Å². The van der Waals surface area contributed by atoms with Crippen LogP contribution in [-0.4, -0.2) is 36.5 Å². The first kappa shape index (κ1) is 18.6. The number of hydrogen-bond donors (Lipinski definition) is 1. The van der Waals surface area contributed by atoms with Gasteiger partial charge in [-0.1, -0.05) is 36.4 Å². The normalized spacial score (nSPS) is 28.0. The summed E-state index contributed by atoms with van der Waals surface area (Å²) < 4.78 is 42.5. The highest BCUT2D eigenvalue weighted by molar-refractivity contribution is 7.89. The highest BCUT2D eigenvalue weighted by atomic mass is 32.2. The predicted octanol–water partition coefficient (Wildman–Crippen LogP) is 3.28. The van der Waals surface area contributed by atoms with Crippen molar-refractivity contribution in [2.45, 2.75) is 49.6 Å². The molecule has 2 aliphatic rings. The highest BCUT2D eigenvalue weighted by Crippen LogP contribution is 2.53. The first-order valence-corrected chi connectivity index (χ1v) is 10.8. The second-order valence-electron chi connectivity index (χ2n) is 7.90. The lowest BCUT2D eigenvalue weighted by atomic mass is 9.70. The Hall–Kier alpha value is -1.76. The molecule has 0 aromatic heterocycles. The van der Waals surface area contributed by atoms with E-state index >= 15 is 0 Å². The maximum absolute atomic E-state index is 14.4. The second-order valence-corrected chi connectivity index (χ2v) is 9.71. The number of aryl methyl sites for hydroxylation is 1. The smallest absolute Gasteiger partial charge is 0.246 e. The molecule has 2 heterocycles. The molecular formula is C21H24FNO3S. The molecule has 2 aromatic rings. The first-order chi connectivity index (χ1) is 12.9. The third-order valence-electron chi connectivity index (χ3n) is 6.15. The number of aliphatic hydroxyl groups is 1. The van der Waals surface area contributed by atoms with Crippen molar-refractivity contribution >= 4 is 10.0 Å². The Morgan fingerprint density at radius 3 is 2.59 bits per heavy atom. The lowest BCUT2D eigenvalue weighted by molar-refractivity contribution is 0.0888. The molecule has 1 N–H and O–H groups in total. The van der Waals surface area contributed by atoms with Crippen molar-refractivity contribution in [2.24, 2.45) is 5.41 Å². The Kier molecular flexibility index (Phi) is 4.61. The van der Waals surface area contributed by atoms with Crippen molar-refractivity contribution in [3.05, 3.63) is 65.5 Å². The van der Waals surface area contributed by atoms with E-state index in [4.69, 9.17) is 0 Å². The summed E-state index contributed by atoms with van der Waals surface area (Å²) in [4.78, 5) is -0.265. The van der Waals surface area contributed by atoms with Gasteiger partial charge in [-0.25, -0.2) is 12.8 Å². The van der Waals surface area contributed by atoms with Crippen molar-refractivity contribution in [1.29, 1.82) is 0 Å². The van der Waals surface area contributed by atoms with Crippen molar-refractivity contribution in [1.82, 2.24) is 4.31 Å². The van der Waals surface area contributed by atoms with Crippen LogP contribution in [0.1, 0.15) is 30.4 Å². The number of benzene rings is 2. The summed E-state index contributed by atoms with van der Waals surface area (Å²) in [5, 5.41) is 10.2. The molecule has 0 unspecified atom stereocenters. The summed E-state index contributed by atoms with van der Waals surface area (Å²) in [6.07, 6.45) is 2.68. The van der Waals surface area contributed by atoms with Crippen molar-refractivity contribution < 1.29 is 17.9 Å². The molecule has 6 heteroatoms. The summed E-state index contributed by atoms with van der Waals surface area (Å²) in [6.45, 7) is 1.65. The van der Waals surface area contributed by atoms with Gasteiger partial charge in [0, 0.05) is 17.5 Å². The molecule has 4 rings (SSSR count). The van der Waals surface area contributed by atoms with Gasteiger partial charge >= 0.3 is 0 Å². The maximum Gasteiger partial charge on any atom is 0.246 e. The molecule has 0 amide bonds. The van der Waals surface area contributed by atoms with Crippen LogP contribution in [0.25, 0.3) is 0 Å². The number of halogens is 1. The van der Waals surface area contributed by atoms with Crippen LogP contribution in [0.2, 0.25) is 0 Å². The van der Waals surface area contributed by atoms with E-state index in [1.807, 2.05) is 30.3 Å². The molecule has 2 aromatic carbocycles. The summed E-state index contributed by atoms with van der Waals surface area (Å²) in [5.74, 6) is -0.709. The van der Waals surface area contributed by atoms with Gasteiger partial charge in [0.05, 0.1) is 6.61 Å². The molecule has 144 valence electrons. The third-order valence-corrected chi connectivity index (χ3v) is 8.14. The lowest BCUT2D eigenvalue weighted by Crippen LogP contribution is -2.44. The predicted molar refractivity (Wildman–Crippen MR) is 101 cm³/mol. The fourth-order valence-electron chi connectivity index (χ4n) is 4.94. The van der Waals surface area contributed by atoms with Crippen LogP contribution < -0.4 is 0 Å². The van der Waals surface area contributed by atoms with Gasteiger partial charge in [0.25, 0.3) is 0 Å². The molecular weight excluding hydrogens is 365 g/mol. The van der Waals surface area contributed by atoms with Crippen LogP contribution in [0, 0.1) is 18.2 Å². The van der Waals surface area contributed by atoms with E-state index < -0.39 is 21.3 Å². The number of nitrogens with zero attached hydrogens (tertiary/aromatic N) is 1. The third kappa shape index (κ3) is 3.00. The SMILES string of the molecule is Cc1ccc(S(=O)(=O)N2[C@H]3CC[C@@H]2[C@@](CO)(Cc2ccccc2)C3)c(F)c1. The average Bonchev–Trinajstić information content (AvgIpc) is 3.19. The van der Waals surface area contributed by atoms with E-state index in [0.717, 1.165) is 12.0 Å². The highest BCUT2D eigenvalue weighted by Gasteiger charge is 2.59. The van der Waals surface area contributed by atoms with E-state index in [-0.39, 0.29) is 23.6 Å². The number of sulfonamides is 1. The minimum absolute atomic E-state index is 0.0779. The average molecular weight is 389 g/mol. The molecule has 2 bridgehead atoms. The largest absolute Gasteiger partial charge is 0.396 e. The molecule has 0 aliphatic carbocycles. The summed E-state index contributed by atoms with van der Waals surface area (Å²) >= 11 is 0. The molecule has 4 nitrogen and oxygen atoms in total. The maximum atomic E-state index is 14.4. The molecule has 0 spiro atoms. The zero-order chi connectivity index (χ0) is 19.2. The summed E-state index contributed by atoms with van der Waals surface area (Å²) in [6, 6.07) is 13.6. The van der Waals surface area contributed by atoms with Gasteiger partial charge < -0.3 is 5.11 Å². The van der Waals surface area contributed by atoms with Gasteiger partial charge in [-0.2, -0.15) is 4.31 Å². The Morgan fingerprint density at radius 1 is 1.19 bits per heavy atom. The Bertz CT molecular complexity index is 947. The van der Waals surface area contributed by atoms with E-state index in [0.29, 0.717) is 24.8 Å². The first-order valence-electron chi connectivity index (χ1n) is 9.32. The number of aliphatic hydroxyl groups excluding tert-OH is 1. The lowest BCUT2D eigenvalue weighted by Gasteiger charge is -2.36. The Labute approximate surface area is 159 Å². The number of rotatable bonds is 5. The molecule has 2 saturated heterocycles. The van der Waals surface area contributed by atoms with Crippen LogP contribution in [0.15, 0.2) is 53.4 Å². The minimum atomic E-state index is -3.95. The fraction of sp³-hybridized carbons (Fsp3) is 0.429. The van der Waals surface area contributed by atoms with E-state index in [9.17, 15) is 17.9 Å². The monoisotopic (exact) mass is 389 g/mol. The van der Waals surface area contributed by atoms with E-state index in [1.165, 1.54) is 16.4 Å². The van der Waals surface area contributed by atoms with Crippen LogP contribution in [0.5, 0.6) is 0 Å². The molecule has 2 fully saturated rings. The fourth-order valence-corrected chi connectivity index (χ4v) is 6.95. The minimum Gasteiger partial charge on any atom is -0.396 e. The Morgan fingerprint density at radius 2 is 1.93 bits per heavy atom. The quantitative estimate of drug-likeness (QED) is 0.854. The van der Waals surface area contributed by atoms with Crippen molar-refractivity contribution in [3.8, 4) is 0 Å². The van der Waals surface area contributed by atoms with Gasteiger partial charge in [0.1, 0.15) is 10.7 Å². The Balaban J connectivity index is 1.71. The summed E-state index contributed by atoms with van der Waals surface area (Å²) in [7, 11) is -3.95. The van der Waals surface area contributed by atoms with Crippen LogP contribution in [0.3, 0.4) is 0 Å². The zero-order valence-corrected chi connectivity index (χ0v) is 16.1. The second kappa shape index (κ2) is 6.69. The van der Waals surface area contributed by atoms with Crippen LogP contribution in [-0.2, 0) is 16.4 Å². The molecule has 2 aliphatic heterocycles. The van der Waals surface area contributed by atoms with Crippen molar-refractivity contribution in [2.75, 3.05) is 6.61 Å². The topological polar surface area (TPSA) is 57.6 Å². The summed E-state index contributed by atoms with van der Waals surface area (Å²) in [5.41, 5.74) is 1.25. The molecule has 3 atom stereocenters. The molecule has 0 saturated carbocycles. The van der Waals surface area contributed by atoms with E-state index in [2.05, 4.69) is 0 Å².